The predicted octanol–water partition coefficient (Wildman–Crippen LogP) is -7.28. The van der Waals surface area contributed by atoms with Crippen LogP contribution in [-0.4, -0.2) is 223 Å². The van der Waals surface area contributed by atoms with E-state index in [2.05, 4.69) is 72.3 Å². The maximum Gasteiger partial charge on any atom is 0.394 e. The molecule has 39 heteroatoms. The molecule has 0 spiro atoms. The fourth-order valence-corrected chi connectivity index (χ4v) is 8.62. The van der Waals surface area contributed by atoms with Crippen LogP contribution in [0.2, 0.25) is 0 Å². The van der Waals surface area contributed by atoms with Crippen molar-refractivity contribution in [2.24, 2.45) is 52.3 Å². The summed E-state index contributed by atoms with van der Waals surface area (Å²) in [4.78, 5) is 152. The van der Waals surface area contributed by atoms with E-state index in [-0.39, 0.29) is 90.1 Å². The molecular weight excluding hydrogens is 1250 g/mol. The van der Waals surface area contributed by atoms with Crippen molar-refractivity contribution in [2.45, 2.75) is 193 Å². The first kappa shape index (κ1) is 86.7. The maximum atomic E-state index is 14.4. The molecule has 1 saturated heterocycles. The number of rotatable bonds is 27. The summed E-state index contributed by atoms with van der Waals surface area (Å²) in [6.07, 6.45) is -1.74. The van der Waals surface area contributed by atoms with Gasteiger partial charge >= 0.3 is 20.8 Å². The van der Waals surface area contributed by atoms with Gasteiger partial charge in [0, 0.05) is 19.5 Å². The first-order valence-electron chi connectivity index (χ1n) is 29.7. The number of amides is 11. The molecular formula is C52H102N16O21S2. The molecule has 1 heterocycles. The highest BCUT2D eigenvalue weighted by Crippen LogP contribution is 2.14. The first-order chi connectivity index (χ1) is 42.1. The van der Waals surface area contributed by atoms with Crippen molar-refractivity contribution in [3.05, 3.63) is 0 Å². The molecule has 528 valence electrons. The number of nitrogens with one attached hydrogen (secondary N) is 11. The van der Waals surface area contributed by atoms with E-state index in [1.54, 1.807) is 27.7 Å². The molecule has 0 saturated carbocycles. The zero-order valence-corrected chi connectivity index (χ0v) is 54.5. The average molecular weight is 1350 g/mol. The SMILES string of the molecule is CC(C)CCCCC(=O)N[C@H](CCN)C(=O)N[C@H](C(=O)NC(CCN)C(=O)NC1CCNC(=O)[C@H](C(C)O)NC(=O)C(CCN)NC(=O)C(CCN)NC(=O)[C@H](C(C)C)CNC(=O)C(CC(C)C)NC(=O)C(CCN)NC1=O)[C@@H](C)O.O=S(=O)(O)O.O=S(=O)(O)O. The fraction of sp³-hybridized carbons (Fsp3) is 0.788. The number of hydrogen-bond donors (Lipinski definition) is 22. The van der Waals surface area contributed by atoms with Crippen LogP contribution in [0.5, 0.6) is 0 Å². The van der Waals surface area contributed by atoms with Gasteiger partial charge in [0.1, 0.15) is 54.4 Å². The molecule has 0 bridgehead atoms. The van der Waals surface area contributed by atoms with Crippen molar-refractivity contribution in [2.75, 3.05) is 45.8 Å². The molecule has 27 N–H and O–H groups in total. The summed E-state index contributed by atoms with van der Waals surface area (Å²) in [5, 5.41) is 49.6. The molecule has 0 aromatic rings. The minimum absolute atomic E-state index is 0.0128. The third kappa shape index (κ3) is 39.6. The highest BCUT2D eigenvalue weighted by molar-refractivity contribution is 7.80. The third-order valence-electron chi connectivity index (χ3n) is 13.4. The molecule has 1 rings (SSSR count). The van der Waals surface area contributed by atoms with Crippen molar-refractivity contribution in [3.63, 3.8) is 0 Å². The van der Waals surface area contributed by atoms with Gasteiger partial charge in [-0.3, -0.25) is 71.0 Å². The van der Waals surface area contributed by atoms with Gasteiger partial charge in [-0.15, -0.1) is 0 Å². The second-order valence-corrected chi connectivity index (χ2v) is 24.5. The van der Waals surface area contributed by atoms with Gasteiger partial charge in [0.2, 0.25) is 65.0 Å². The molecule has 1 aliphatic rings. The largest absolute Gasteiger partial charge is 0.394 e. The van der Waals surface area contributed by atoms with Gasteiger partial charge < -0.3 is 97.4 Å². The normalized spacial score (nSPS) is 22.1. The number of carbonyl (C=O) groups is 11. The highest BCUT2D eigenvalue weighted by atomic mass is 32.3. The molecule has 11 amide bonds. The Balaban J connectivity index is 0. The van der Waals surface area contributed by atoms with Crippen LogP contribution < -0.4 is 87.2 Å². The Morgan fingerprint density at radius 3 is 1.40 bits per heavy atom. The van der Waals surface area contributed by atoms with E-state index >= 15 is 0 Å². The zero-order chi connectivity index (χ0) is 70.5. The van der Waals surface area contributed by atoms with Crippen LogP contribution in [0.1, 0.15) is 126 Å². The lowest BCUT2D eigenvalue weighted by molar-refractivity contribution is -0.137. The van der Waals surface area contributed by atoms with Gasteiger partial charge in [-0.05, 0) is 116 Å². The van der Waals surface area contributed by atoms with Gasteiger partial charge in [-0.2, -0.15) is 16.8 Å². The smallest absolute Gasteiger partial charge is 0.391 e. The first-order valence-corrected chi connectivity index (χ1v) is 32.5. The van der Waals surface area contributed by atoms with Gasteiger partial charge in [0.15, 0.2) is 0 Å². The maximum absolute atomic E-state index is 14.4. The Kier molecular flexibility index (Phi) is 42.9. The number of aliphatic hydroxyl groups excluding tert-OH is 2. The van der Waals surface area contributed by atoms with E-state index in [0.29, 0.717) is 12.3 Å². The highest BCUT2D eigenvalue weighted by Gasteiger charge is 2.37. The summed E-state index contributed by atoms with van der Waals surface area (Å²) in [5.74, 6) is -10.3. The number of aliphatic hydroxyl groups is 2. The number of hydrogen-bond acceptors (Lipinski definition) is 22. The summed E-state index contributed by atoms with van der Waals surface area (Å²) in [5.41, 5.74) is 29.2. The second kappa shape index (κ2) is 45.0. The summed E-state index contributed by atoms with van der Waals surface area (Å²) < 4.78 is 63.2. The van der Waals surface area contributed by atoms with Gasteiger partial charge in [0.05, 0.1) is 18.1 Å². The molecule has 1 fully saturated rings. The Morgan fingerprint density at radius 2 is 0.967 bits per heavy atom. The quantitative estimate of drug-likeness (QED) is 0.0268. The zero-order valence-electron chi connectivity index (χ0n) is 52.9. The number of nitrogens with two attached hydrogens (primary N) is 5. The summed E-state index contributed by atoms with van der Waals surface area (Å²) in [6.45, 7) is 12.3. The molecule has 1 aliphatic heterocycles. The summed E-state index contributed by atoms with van der Waals surface area (Å²) in [7, 11) is -9.33. The molecule has 0 radical (unpaired) electrons. The number of carbonyl (C=O) groups excluding carboxylic acids is 11. The van der Waals surface area contributed by atoms with E-state index in [4.69, 9.17) is 63.7 Å². The lowest BCUT2D eigenvalue weighted by Crippen LogP contribution is -2.62. The summed E-state index contributed by atoms with van der Waals surface area (Å²) >= 11 is 0. The van der Waals surface area contributed by atoms with Crippen LogP contribution in [0, 0.1) is 23.7 Å². The summed E-state index contributed by atoms with van der Waals surface area (Å²) in [6, 6.07) is -13.0. The Labute approximate surface area is 531 Å². The minimum Gasteiger partial charge on any atom is -0.391 e. The lowest BCUT2D eigenvalue weighted by Gasteiger charge is -2.29. The van der Waals surface area contributed by atoms with Crippen LogP contribution in [0.15, 0.2) is 0 Å². The van der Waals surface area contributed by atoms with Crippen LogP contribution in [-0.2, 0) is 73.5 Å². The van der Waals surface area contributed by atoms with E-state index in [0.717, 1.165) is 12.8 Å². The van der Waals surface area contributed by atoms with E-state index in [9.17, 15) is 63.0 Å². The van der Waals surface area contributed by atoms with Crippen LogP contribution in [0.25, 0.3) is 0 Å². The van der Waals surface area contributed by atoms with Gasteiger partial charge in [-0.1, -0.05) is 54.4 Å². The van der Waals surface area contributed by atoms with E-state index in [1.165, 1.54) is 13.8 Å². The fourth-order valence-electron chi connectivity index (χ4n) is 8.62. The van der Waals surface area contributed by atoms with Crippen LogP contribution in [0.3, 0.4) is 0 Å². The van der Waals surface area contributed by atoms with Crippen molar-refractivity contribution in [3.8, 4) is 0 Å². The van der Waals surface area contributed by atoms with Crippen LogP contribution >= 0.6 is 0 Å². The van der Waals surface area contributed by atoms with Crippen molar-refractivity contribution < 1.29 is 98.0 Å². The van der Waals surface area contributed by atoms with E-state index < -0.39 is 177 Å². The van der Waals surface area contributed by atoms with Crippen molar-refractivity contribution in [1.82, 2.24) is 58.5 Å². The van der Waals surface area contributed by atoms with Crippen LogP contribution in [0.4, 0.5) is 0 Å². The Morgan fingerprint density at radius 1 is 0.516 bits per heavy atom. The van der Waals surface area contributed by atoms with Gasteiger partial charge in [-0.25, -0.2) is 0 Å². The third-order valence-corrected chi connectivity index (χ3v) is 13.4. The standard InChI is InChI=1S/C52H98N16O13.2H2O4S/c1-27(2)11-9-10-12-40(71)60-33(13-19-53)49(78)68-42(31(8)70)52(81)65-36(16-22-56)46(75)64-38-18-24-58-51(80)41(30(7)69)67-50(79)37(17-23-57)63-45(74)34(14-20-54)61-43(72)32(29(5)6)26-59-44(73)39(25-28(3)4)66-47(76)35(15-21-55)62-48(38)77;2*1-5(2,3)4/h27-39,41-42,69-70H,9-26,53-57H2,1-8H3,(H,58,80)(H,59,73)(H,60,71)(H,61,72)(H,62,77)(H,63,74)(H,64,75)(H,65,81)(H,66,76)(H,67,79)(H,68,78);2*(H2,1,2,3,4)/t30?,31-,32+,33-,34?,35?,36?,37?,38?,39?,41+,42+;;/m1../s1. The molecule has 37 nitrogen and oxygen atoms in total. The number of unbranched alkanes of at least 4 members (excludes halogenated alkanes) is 1. The monoisotopic (exact) mass is 1350 g/mol. The Hall–Kier alpha value is -6.37. The molecule has 7 unspecified atom stereocenters. The lowest BCUT2D eigenvalue weighted by atomic mass is 9.93. The average Bonchev–Trinajstić information content (AvgIpc) is 2.37. The predicted molar refractivity (Wildman–Crippen MR) is 329 cm³/mol. The second-order valence-electron chi connectivity index (χ2n) is 22.7. The van der Waals surface area contributed by atoms with Crippen molar-refractivity contribution >= 4 is 85.8 Å². The molecule has 12 atom stereocenters. The van der Waals surface area contributed by atoms with Crippen molar-refractivity contribution in [1.29, 1.82) is 0 Å². The molecule has 0 aromatic heterocycles. The molecule has 91 heavy (non-hydrogen) atoms. The minimum atomic E-state index is -4.67. The molecule has 0 aromatic carbocycles. The topological polar surface area (TPSA) is 640 Å². The van der Waals surface area contributed by atoms with E-state index in [1.807, 2.05) is 0 Å². The van der Waals surface area contributed by atoms with Gasteiger partial charge in [0.25, 0.3) is 0 Å². The Bertz CT molecular complexity index is 2500. The molecule has 0 aliphatic carbocycles.